The van der Waals surface area contributed by atoms with Gasteiger partial charge >= 0.3 is 5.97 Å². The minimum Gasteiger partial charge on any atom is -0.462 e. The number of carbonyl (C=O) groups is 1. The molecule has 0 aromatic heterocycles. The van der Waals surface area contributed by atoms with E-state index in [0.29, 0.717) is 12.3 Å². The van der Waals surface area contributed by atoms with Crippen molar-refractivity contribution in [2.24, 2.45) is 17.6 Å². The molecule has 0 aromatic carbocycles. The molecule has 0 heterocycles. The zero-order chi connectivity index (χ0) is 12.1. The van der Waals surface area contributed by atoms with Gasteiger partial charge in [-0.2, -0.15) is 0 Å². The van der Waals surface area contributed by atoms with E-state index < -0.39 is 0 Å². The van der Waals surface area contributed by atoms with Gasteiger partial charge in [0.05, 0.1) is 6.42 Å². The number of carbonyl (C=O) groups excluding carboxylic acids is 1. The Morgan fingerprint density at radius 2 is 2.06 bits per heavy atom. The molecular formula is C13H25NO2. The van der Waals surface area contributed by atoms with E-state index in [9.17, 15) is 4.79 Å². The second-order valence-corrected chi connectivity index (χ2v) is 5.25. The summed E-state index contributed by atoms with van der Waals surface area (Å²) in [6.07, 6.45) is 4.50. The molecule has 1 rings (SSSR count). The Hall–Kier alpha value is -0.570. The molecule has 1 saturated carbocycles. The van der Waals surface area contributed by atoms with Crippen molar-refractivity contribution < 1.29 is 9.53 Å². The number of nitrogens with two attached hydrogens (primary N) is 1. The maximum absolute atomic E-state index is 11.6. The maximum Gasteiger partial charge on any atom is 0.307 e. The Bertz CT molecular complexity index is 230. The molecule has 4 unspecified atom stereocenters. The van der Waals surface area contributed by atoms with Crippen LogP contribution in [-0.4, -0.2) is 18.1 Å². The van der Waals surface area contributed by atoms with E-state index in [1.54, 1.807) is 0 Å². The van der Waals surface area contributed by atoms with Gasteiger partial charge in [-0.25, -0.2) is 0 Å². The van der Waals surface area contributed by atoms with Crippen LogP contribution in [0.4, 0.5) is 0 Å². The Morgan fingerprint density at radius 3 is 2.62 bits per heavy atom. The summed E-state index contributed by atoms with van der Waals surface area (Å²) in [5, 5.41) is 0. The minimum atomic E-state index is -0.124. The highest BCUT2D eigenvalue weighted by molar-refractivity contribution is 5.70. The summed E-state index contributed by atoms with van der Waals surface area (Å²) in [6.45, 7) is 6.50. The molecule has 0 saturated heterocycles. The number of hydrogen-bond donors (Lipinski definition) is 1. The standard InChI is InChI=1S/C13H25NO2/c1-4-11(14)8-13(15)16-12-6-5-9(2)10(3)7-12/h9-12H,4-8,14H2,1-3H3. The van der Waals surface area contributed by atoms with Gasteiger partial charge in [-0.05, 0) is 37.5 Å². The fourth-order valence-corrected chi connectivity index (χ4v) is 2.20. The Labute approximate surface area is 98.7 Å². The molecule has 94 valence electrons. The lowest BCUT2D eigenvalue weighted by atomic mass is 9.80. The third-order valence-electron chi connectivity index (χ3n) is 3.80. The average Bonchev–Trinajstić information content (AvgIpc) is 2.23. The van der Waals surface area contributed by atoms with E-state index in [1.165, 1.54) is 6.42 Å². The summed E-state index contributed by atoms with van der Waals surface area (Å²) in [6, 6.07) is -0.0487. The lowest BCUT2D eigenvalue weighted by Crippen LogP contribution is -2.31. The fourth-order valence-electron chi connectivity index (χ4n) is 2.20. The van der Waals surface area contributed by atoms with E-state index >= 15 is 0 Å². The number of rotatable bonds is 4. The molecule has 16 heavy (non-hydrogen) atoms. The molecule has 1 aliphatic carbocycles. The molecule has 0 amide bonds. The van der Waals surface area contributed by atoms with Gasteiger partial charge in [0.25, 0.3) is 0 Å². The lowest BCUT2D eigenvalue weighted by molar-refractivity contribution is -0.152. The molecule has 3 nitrogen and oxygen atoms in total. The molecule has 0 aromatic rings. The summed E-state index contributed by atoms with van der Waals surface area (Å²) >= 11 is 0. The number of esters is 1. The maximum atomic E-state index is 11.6. The van der Waals surface area contributed by atoms with Gasteiger partial charge in [0, 0.05) is 6.04 Å². The summed E-state index contributed by atoms with van der Waals surface area (Å²) in [7, 11) is 0. The van der Waals surface area contributed by atoms with Crippen LogP contribution >= 0.6 is 0 Å². The summed E-state index contributed by atoms with van der Waals surface area (Å²) in [4.78, 5) is 11.6. The highest BCUT2D eigenvalue weighted by Gasteiger charge is 2.27. The second-order valence-electron chi connectivity index (χ2n) is 5.25. The van der Waals surface area contributed by atoms with E-state index in [4.69, 9.17) is 10.5 Å². The first kappa shape index (κ1) is 13.5. The van der Waals surface area contributed by atoms with E-state index in [-0.39, 0.29) is 18.1 Å². The molecule has 0 aliphatic heterocycles. The van der Waals surface area contributed by atoms with Gasteiger partial charge in [0.15, 0.2) is 0 Å². The second kappa shape index (κ2) is 6.24. The van der Waals surface area contributed by atoms with Crippen molar-refractivity contribution in [2.45, 2.75) is 65.0 Å². The first-order chi connectivity index (χ1) is 7.52. The van der Waals surface area contributed by atoms with E-state index in [2.05, 4.69) is 13.8 Å². The van der Waals surface area contributed by atoms with Crippen LogP contribution in [0.25, 0.3) is 0 Å². The SMILES string of the molecule is CCC(N)CC(=O)OC1CCC(C)C(C)C1. The molecule has 0 radical (unpaired) electrons. The molecule has 1 fully saturated rings. The largest absolute Gasteiger partial charge is 0.462 e. The van der Waals surface area contributed by atoms with Gasteiger partial charge in [-0.3, -0.25) is 4.79 Å². The first-order valence-electron chi connectivity index (χ1n) is 6.48. The van der Waals surface area contributed by atoms with Crippen LogP contribution in [0, 0.1) is 11.8 Å². The molecule has 1 aliphatic rings. The van der Waals surface area contributed by atoms with Crippen LogP contribution in [0.2, 0.25) is 0 Å². The number of ether oxygens (including phenoxy) is 1. The quantitative estimate of drug-likeness (QED) is 0.751. The van der Waals surface area contributed by atoms with Crippen molar-refractivity contribution in [3.8, 4) is 0 Å². The Kier molecular flexibility index (Phi) is 5.26. The predicted octanol–water partition coefficient (Wildman–Crippen LogP) is 2.48. The third kappa shape index (κ3) is 4.12. The summed E-state index contributed by atoms with van der Waals surface area (Å²) in [5.41, 5.74) is 5.73. The average molecular weight is 227 g/mol. The lowest BCUT2D eigenvalue weighted by Gasteiger charge is -2.31. The van der Waals surface area contributed by atoms with Crippen LogP contribution in [0.1, 0.15) is 52.9 Å². The van der Waals surface area contributed by atoms with Gasteiger partial charge in [0.1, 0.15) is 6.10 Å². The minimum absolute atomic E-state index is 0.0487. The monoisotopic (exact) mass is 227 g/mol. The number of hydrogen-bond acceptors (Lipinski definition) is 3. The Morgan fingerprint density at radius 1 is 1.38 bits per heavy atom. The van der Waals surface area contributed by atoms with Gasteiger partial charge in [0.2, 0.25) is 0 Å². The predicted molar refractivity (Wildman–Crippen MR) is 64.9 cm³/mol. The molecular weight excluding hydrogens is 202 g/mol. The van der Waals surface area contributed by atoms with Gasteiger partial charge < -0.3 is 10.5 Å². The van der Waals surface area contributed by atoms with Crippen molar-refractivity contribution in [2.75, 3.05) is 0 Å². The van der Waals surface area contributed by atoms with Crippen molar-refractivity contribution in [1.82, 2.24) is 0 Å². The Balaban J connectivity index is 2.29. The smallest absolute Gasteiger partial charge is 0.307 e. The molecule has 0 spiro atoms. The van der Waals surface area contributed by atoms with Crippen LogP contribution < -0.4 is 5.73 Å². The van der Waals surface area contributed by atoms with Gasteiger partial charge in [-0.1, -0.05) is 20.8 Å². The van der Waals surface area contributed by atoms with Crippen molar-refractivity contribution >= 4 is 5.97 Å². The van der Waals surface area contributed by atoms with Crippen LogP contribution in [0.15, 0.2) is 0 Å². The molecule has 0 bridgehead atoms. The normalized spacial score (nSPS) is 32.1. The topological polar surface area (TPSA) is 52.3 Å². The zero-order valence-corrected chi connectivity index (χ0v) is 10.7. The fraction of sp³-hybridized carbons (Fsp3) is 0.923. The van der Waals surface area contributed by atoms with Crippen molar-refractivity contribution in [3.05, 3.63) is 0 Å². The van der Waals surface area contributed by atoms with Crippen LogP contribution in [-0.2, 0) is 9.53 Å². The van der Waals surface area contributed by atoms with Crippen LogP contribution in [0.3, 0.4) is 0 Å². The van der Waals surface area contributed by atoms with E-state index in [1.807, 2.05) is 6.92 Å². The van der Waals surface area contributed by atoms with Crippen molar-refractivity contribution in [1.29, 1.82) is 0 Å². The zero-order valence-electron chi connectivity index (χ0n) is 10.7. The van der Waals surface area contributed by atoms with Gasteiger partial charge in [-0.15, -0.1) is 0 Å². The third-order valence-corrected chi connectivity index (χ3v) is 3.80. The molecule has 2 N–H and O–H groups in total. The summed E-state index contributed by atoms with van der Waals surface area (Å²) in [5.74, 6) is 1.29. The molecule has 4 atom stereocenters. The highest BCUT2D eigenvalue weighted by atomic mass is 16.5. The van der Waals surface area contributed by atoms with Crippen molar-refractivity contribution in [3.63, 3.8) is 0 Å². The highest BCUT2D eigenvalue weighted by Crippen LogP contribution is 2.31. The first-order valence-corrected chi connectivity index (χ1v) is 6.48. The van der Waals surface area contributed by atoms with E-state index in [0.717, 1.165) is 25.2 Å². The van der Waals surface area contributed by atoms with Crippen LogP contribution in [0.5, 0.6) is 0 Å². The summed E-state index contributed by atoms with van der Waals surface area (Å²) < 4.78 is 5.46. The molecule has 3 heteroatoms.